The van der Waals surface area contributed by atoms with E-state index in [1.165, 1.54) is 29.0 Å². The third kappa shape index (κ3) is 5.32. The smallest absolute Gasteiger partial charge is 0.261 e. The second kappa shape index (κ2) is 9.73. The number of rotatable bonds is 9. The number of anilines is 1. The van der Waals surface area contributed by atoms with Crippen molar-refractivity contribution < 1.29 is 18.7 Å². The Morgan fingerprint density at radius 3 is 2.88 bits per heavy atom. The number of hydrogen-bond donors (Lipinski definition) is 2. The van der Waals surface area contributed by atoms with Gasteiger partial charge in [-0.3, -0.25) is 9.89 Å². The van der Waals surface area contributed by atoms with Crippen LogP contribution in [0.15, 0.2) is 49.1 Å². The lowest BCUT2D eigenvalue weighted by molar-refractivity contribution is 0.0799. The van der Waals surface area contributed by atoms with Gasteiger partial charge in [-0.25, -0.2) is 13.9 Å². The van der Waals surface area contributed by atoms with Gasteiger partial charge in [0.2, 0.25) is 0 Å². The first kappa shape index (κ1) is 23.6. The van der Waals surface area contributed by atoms with E-state index in [9.17, 15) is 9.18 Å². The topological polar surface area (TPSA) is 106 Å². The third-order valence-electron chi connectivity index (χ3n) is 5.14. The number of nitrogens with one attached hydrogen (secondary N) is 2. The van der Waals surface area contributed by atoms with Gasteiger partial charge < -0.3 is 14.8 Å². The highest BCUT2D eigenvalue weighted by Crippen LogP contribution is 2.33. The second-order valence-corrected chi connectivity index (χ2v) is 14.5. The molecule has 1 unspecified atom stereocenters. The largest absolute Gasteiger partial charge is 0.496 e. The Bertz CT molecular complexity index is 1300. The van der Waals surface area contributed by atoms with Crippen molar-refractivity contribution in [2.75, 3.05) is 18.7 Å². The van der Waals surface area contributed by atoms with Gasteiger partial charge >= 0.3 is 0 Å². The molecule has 9 nitrogen and oxygen atoms in total. The molecule has 11 heteroatoms. The Labute approximate surface area is 197 Å². The van der Waals surface area contributed by atoms with Crippen molar-refractivity contribution >= 4 is 25.3 Å². The SMILES string of the molecule is COc1ccc(F)cc1C(Cc1[nH]ncc1NC(=O)c1cnn2cccnc12)OC[Si](C)(C)C. The standard InChI is InChI=1S/C23H27FN6O3Si/c1-32-20-7-6-15(24)10-16(20)21(33-14-34(2,3)4)11-18-19(13-26-29-18)28-23(31)17-12-27-30-9-5-8-25-22(17)30/h5-10,12-13,21H,11,14H2,1-4H3,(H,26,29)(H,28,31). The van der Waals surface area contributed by atoms with E-state index in [2.05, 4.69) is 45.2 Å². The van der Waals surface area contributed by atoms with Gasteiger partial charge in [0, 0.05) is 30.6 Å². The Hall–Kier alpha value is -3.57. The van der Waals surface area contributed by atoms with E-state index >= 15 is 0 Å². The number of carbonyl (C=O) groups excluding carboxylic acids is 1. The summed E-state index contributed by atoms with van der Waals surface area (Å²) in [5.41, 5.74) is 2.53. The maximum absolute atomic E-state index is 14.1. The molecule has 0 radical (unpaired) electrons. The number of H-pyrrole nitrogens is 1. The van der Waals surface area contributed by atoms with Crippen LogP contribution in [0.25, 0.3) is 5.65 Å². The van der Waals surface area contributed by atoms with Crippen LogP contribution in [0.5, 0.6) is 5.75 Å². The molecular weight excluding hydrogens is 455 g/mol. The fourth-order valence-corrected chi connectivity index (χ4v) is 4.21. The van der Waals surface area contributed by atoms with E-state index in [4.69, 9.17) is 9.47 Å². The maximum Gasteiger partial charge on any atom is 0.261 e. The molecule has 34 heavy (non-hydrogen) atoms. The van der Waals surface area contributed by atoms with E-state index in [0.29, 0.717) is 46.6 Å². The molecule has 0 fully saturated rings. The molecule has 0 aliphatic rings. The molecule has 0 aliphatic carbocycles. The molecule has 1 aromatic carbocycles. The van der Waals surface area contributed by atoms with Crippen molar-refractivity contribution in [2.24, 2.45) is 0 Å². The minimum atomic E-state index is -1.57. The van der Waals surface area contributed by atoms with Crippen LogP contribution < -0.4 is 10.1 Å². The number of halogens is 1. The number of amides is 1. The van der Waals surface area contributed by atoms with Crippen LogP contribution in [0.1, 0.15) is 27.7 Å². The van der Waals surface area contributed by atoms with E-state index < -0.39 is 14.2 Å². The molecule has 0 aliphatic heterocycles. The van der Waals surface area contributed by atoms with Gasteiger partial charge in [-0.05, 0) is 24.3 Å². The Morgan fingerprint density at radius 2 is 2.12 bits per heavy atom. The summed E-state index contributed by atoms with van der Waals surface area (Å²) in [7, 11) is -0.0259. The van der Waals surface area contributed by atoms with Gasteiger partial charge in [0.1, 0.15) is 17.1 Å². The first-order valence-electron chi connectivity index (χ1n) is 10.8. The summed E-state index contributed by atoms with van der Waals surface area (Å²) in [5.74, 6) is -0.208. The van der Waals surface area contributed by atoms with Gasteiger partial charge in [-0.15, -0.1) is 0 Å². The second-order valence-electron chi connectivity index (χ2n) is 9.11. The molecule has 3 aromatic heterocycles. The fraction of sp³-hybridized carbons (Fsp3) is 0.304. The molecule has 0 bridgehead atoms. The Balaban J connectivity index is 1.60. The molecule has 0 saturated carbocycles. The highest BCUT2D eigenvalue weighted by Gasteiger charge is 2.25. The van der Waals surface area contributed by atoms with Gasteiger partial charge in [0.05, 0.1) is 45.1 Å². The van der Waals surface area contributed by atoms with Gasteiger partial charge in [0.15, 0.2) is 5.65 Å². The highest BCUT2D eigenvalue weighted by molar-refractivity contribution is 6.76. The van der Waals surface area contributed by atoms with Crippen LogP contribution in [0, 0.1) is 5.82 Å². The lowest BCUT2D eigenvalue weighted by Gasteiger charge is -2.25. The molecule has 0 saturated heterocycles. The summed E-state index contributed by atoms with van der Waals surface area (Å²) < 4.78 is 27.4. The summed E-state index contributed by atoms with van der Waals surface area (Å²) >= 11 is 0. The molecule has 1 atom stereocenters. The quantitative estimate of drug-likeness (QED) is 0.349. The molecular formula is C23H27FN6O3Si. The Morgan fingerprint density at radius 1 is 1.29 bits per heavy atom. The predicted octanol–water partition coefficient (Wildman–Crippen LogP) is 4.03. The number of methoxy groups -OCH3 is 1. The highest BCUT2D eigenvalue weighted by atomic mass is 28.3. The Kier molecular flexibility index (Phi) is 6.75. The zero-order chi connectivity index (χ0) is 24.3. The molecule has 4 aromatic rings. The summed E-state index contributed by atoms with van der Waals surface area (Å²) in [4.78, 5) is 17.2. The molecule has 4 rings (SSSR count). The number of hydrogen-bond acceptors (Lipinski definition) is 6. The van der Waals surface area contributed by atoms with Crippen LogP contribution in [0.4, 0.5) is 10.1 Å². The van der Waals surface area contributed by atoms with Gasteiger partial charge in [-0.1, -0.05) is 19.6 Å². The normalized spacial score (nSPS) is 12.6. The molecule has 178 valence electrons. The van der Waals surface area contributed by atoms with Crippen molar-refractivity contribution in [3.63, 3.8) is 0 Å². The fourth-order valence-electron chi connectivity index (χ4n) is 3.50. The van der Waals surface area contributed by atoms with Crippen molar-refractivity contribution in [3.05, 3.63) is 71.7 Å². The van der Waals surface area contributed by atoms with Crippen LogP contribution in [0.3, 0.4) is 0 Å². The predicted molar refractivity (Wildman–Crippen MR) is 128 cm³/mol. The number of ether oxygens (including phenoxy) is 2. The zero-order valence-electron chi connectivity index (χ0n) is 19.5. The van der Waals surface area contributed by atoms with Crippen molar-refractivity contribution in [2.45, 2.75) is 32.2 Å². The monoisotopic (exact) mass is 482 g/mol. The van der Waals surface area contributed by atoms with Gasteiger partial charge in [-0.2, -0.15) is 10.2 Å². The van der Waals surface area contributed by atoms with Crippen LogP contribution in [0.2, 0.25) is 19.6 Å². The van der Waals surface area contributed by atoms with Crippen molar-refractivity contribution in [3.8, 4) is 5.75 Å². The molecule has 1 amide bonds. The van der Waals surface area contributed by atoms with Crippen LogP contribution in [-0.4, -0.2) is 52.1 Å². The average Bonchev–Trinajstić information content (AvgIpc) is 3.42. The summed E-state index contributed by atoms with van der Waals surface area (Å²) in [6.07, 6.45) is 6.71. The van der Waals surface area contributed by atoms with E-state index in [1.54, 1.807) is 31.6 Å². The number of aromatic amines is 1. The molecule has 3 heterocycles. The van der Waals surface area contributed by atoms with Crippen molar-refractivity contribution in [1.82, 2.24) is 24.8 Å². The zero-order valence-corrected chi connectivity index (χ0v) is 20.5. The lowest BCUT2D eigenvalue weighted by Crippen LogP contribution is -2.30. The summed E-state index contributed by atoms with van der Waals surface area (Å²) in [6, 6.07) is 6.09. The number of carbonyl (C=O) groups is 1. The third-order valence-corrected chi connectivity index (χ3v) is 6.17. The maximum atomic E-state index is 14.1. The lowest BCUT2D eigenvalue weighted by atomic mass is 10.0. The van der Waals surface area contributed by atoms with Crippen LogP contribution in [-0.2, 0) is 11.2 Å². The number of nitrogens with zero attached hydrogens (tertiary/aromatic N) is 4. The first-order chi connectivity index (χ1) is 16.2. The molecule has 2 N–H and O–H groups in total. The summed E-state index contributed by atoms with van der Waals surface area (Å²) in [5, 5.41) is 14.1. The van der Waals surface area contributed by atoms with E-state index in [0.717, 1.165) is 0 Å². The van der Waals surface area contributed by atoms with Gasteiger partial charge in [0.25, 0.3) is 5.91 Å². The van der Waals surface area contributed by atoms with E-state index in [-0.39, 0.29) is 11.7 Å². The number of fused-ring (bicyclic) bond motifs is 1. The van der Waals surface area contributed by atoms with E-state index in [1.807, 2.05) is 0 Å². The first-order valence-corrected chi connectivity index (χ1v) is 14.5. The van der Waals surface area contributed by atoms with Crippen LogP contribution >= 0.6 is 0 Å². The minimum absolute atomic E-state index is 0.326. The van der Waals surface area contributed by atoms with Crippen molar-refractivity contribution in [1.29, 1.82) is 0 Å². The minimum Gasteiger partial charge on any atom is -0.496 e. The number of aromatic nitrogens is 5. The number of benzene rings is 1. The average molecular weight is 483 g/mol. The molecule has 0 spiro atoms. The summed E-state index contributed by atoms with van der Waals surface area (Å²) in [6.45, 7) is 6.58.